The molecule has 5 heteroatoms. The zero-order valence-corrected chi connectivity index (χ0v) is 8.99. The quantitative estimate of drug-likeness (QED) is 0.697. The summed E-state index contributed by atoms with van der Waals surface area (Å²) >= 11 is 0. The lowest BCUT2D eigenvalue weighted by Crippen LogP contribution is -2.66. The smallest absolute Gasteiger partial charge is 0.277 e. The minimum absolute atomic E-state index is 0.264. The van der Waals surface area contributed by atoms with Crippen LogP contribution in [0.5, 0.6) is 0 Å². The molecule has 5 nitrogen and oxygen atoms in total. The Morgan fingerprint density at radius 1 is 1.25 bits per heavy atom. The van der Waals surface area contributed by atoms with E-state index < -0.39 is 11.4 Å². The minimum atomic E-state index is -0.900. The molecule has 0 aromatic rings. The van der Waals surface area contributed by atoms with Gasteiger partial charge >= 0.3 is 6.03 Å². The second-order valence-corrected chi connectivity index (χ2v) is 5.05. The molecule has 0 unspecified atom stereocenters. The van der Waals surface area contributed by atoms with E-state index in [1.807, 2.05) is 0 Å². The molecular weight excluding hydrogens is 208 g/mol. The van der Waals surface area contributed by atoms with E-state index in [4.69, 9.17) is 0 Å². The van der Waals surface area contributed by atoms with Crippen molar-refractivity contribution in [1.82, 2.24) is 10.2 Å². The van der Waals surface area contributed by atoms with Gasteiger partial charge in [-0.2, -0.15) is 0 Å². The lowest BCUT2D eigenvalue weighted by molar-refractivity contribution is -0.157. The van der Waals surface area contributed by atoms with Gasteiger partial charge in [-0.3, -0.25) is 19.8 Å². The van der Waals surface area contributed by atoms with Crippen molar-refractivity contribution >= 4 is 17.8 Å². The van der Waals surface area contributed by atoms with E-state index in [9.17, 15) is 14.4 Å². The number of nitrogens with one attached hydrogen (secondary N) is 1. The predicted octanol–water partition coefficient (Wildman–Crippen LogP) is 0.645. The third kappa shape index (κ3) is 1.20. The van der Waals surface area contributed by atoms with Crippen molar-refractivity contribution in [2.75, 3.05) is 6.54 Å². The first kappa shape index (κ1) is 9.81. The van der Waals surface area contributed by atoms with Gasteiger partial charge in [0.2, 0.25) is 11.8 Å². The predicted molar refractivity (Wildman–Crippen MR) is 54.3 cm³/mol. The molecule has 16 heavy (non-hydrogen) atoms. The highest BCUT2D eigenvalue weighted by Crippen LogP contribution is 2.45. The molecule has 2 aliphatic carbocycles. The fourth-order valence-corrected chi connectivity index (χ4v) is 2.43. The van der Waals surface area contributed by atoms with Gasteiger partial charge in [-0.25, -0.2) is 4.79 Å². The van der Waals surface area contributed by atoms with E-state index in [0.717, 1.165) is 19.3 Å². The summed E-state index contributed by atoms with van der Waals surface area (Å²) in [5, 5.41) is 2.31. The molecule has 0 aromatic carbocycles. The molecule has 0 bridgehead atoms. The Labute approximate surface area is 93.2 Å². The van der Waals surface area contributed by atoms with Crippen LogP contribution >= 0.6 is 0 Å². The van der Waals surface area contributed by atoms with Crippen LogP contribution in [0.1, 0.15) is 32.1 Å². The fourth-order valence-electron chi connectivity index (χ4n) is 2.43. The molecule has 1 spiro atoms. The summed E-state index contributed by atoms with van der Waals surface area (Å²) in [5.41, 5.74) is -0.900. The van der Waals surface area contributed by atoms with E-state index >= 15 is 0 Å². The Morgan fingerprint density at radius 3 is 2.44 bits per heavy atom. The number of imide groups is 2. The molecule has 0 radical (unpaired) electrons. The van der Waals surface area contributed by atoms with Gasteiger partial charge in [-0.05, 0) is 31.6 Å². The minimum Gasteiger partial charge on any atom is -0.277 e. The molecule has 3 aliphatic rings. The van der Waals surface area contributed by atoms with Crippen molar-refractivity contribution in [2.45, 2.75) is 32.1 Å². The van der Waals surface area contributed by atoms with E-state index in [0.29, 0.717) is 25.3 Å². The van der Waals surface area contributed by atoms with Crippen molar-refractivity contribution in [3.63, 3.8) is 0 Å². The van der Waals surface area contributed by atoms with Gasteiger partial charge < -0.3 is 0 Å². The molecular formula is C11H14N2O3. The molecule has 1 heterocycles. The first-order chi connectivity index (χ1) is 7.63. The second-order valence-electron chi connectivity index (χ2n) is 5.05. The summed E-state index contributed by atoms with van der Waals surface area (Å²) < 4.78 is 0. The van der Waals surface area contributed by atoms with E-state index in [1.165, 1.54) is 4.90 Å². The molecule has 3 fully saturated rings. The number of carbonyl (C=O) groups excluding carboxylic acids is 3. The molecule has 86 valence electrons. The van der Waals surface area contributed by atoms with Crippen LogP contribution in [0.15, 0.2) is 0 Å². The molecule has 1 aliphatic heterocycles. The molecule has 0 aromatic heterocycles. The number of hydrogen-bond acceptors (Lipinski definition) is 3. The number of amides is 4. The summed E-state index contributed by atoms with van der Waals surface area (Å²) in [6.07, 6.45) is 4.23. The van der Waals surface area contributed by atoms with Gasteiger partial charge in [0.15, 0.2) is 0 Å². The average Bonchev–Trinajstić information content (AvgIpc) is 2.93. The van der Waals surface area contributed by atoms with Gasteiger partial charge in [-0.1, -0.05) is 6.42 Å². The zero-order valence-electron chi connectivity index (χ0n) is 8.99. The first-order valence-corrected chi connectivity index (χ1v) is 5.81. The zero-order chi connectivity index (χ0) is 11.3. The van der Waals surface area contributed by atoms with Crippen LogP contribution in [0.25, 0.3) is 0 Å². The highest BCUT2D eigenvalue weighted by molar-refractivity contribution is 6.19. The van der Waals surface area contributed by atoms with Gasteiger partial charge in [0, 0.05) is 6.54 Å². The maximum Gasteiger partial charge on any atom is 0.330 e. The maximum atomic E-state index is 12.2. The summed E-state index contributed by atoms with van der Waals surface area (Å²) in [6.45, 7) is 0.486. The third-order valence-corrected chi connectivity index (χ3v) is 3.90. The Bertz CT molecular complexity index is 383. The average molecular weight is 222 g/mol. The number of nitrogens with zero attached hydrogens (tertiary/aromatic N) is 1. The van der Waals surface area contributed by atoms with Gasteiger partial charge in [0.25, 0.3) is 0 Å². The van der Waals surface area contributed by atoms with Crippen molar-refractivity contribution in [1.29, 1.82) is 0 Å². The number of rotatable bonds is 2. The standard InChI is InChI=1S/C11H14N2O3/c14-8-11(4-1-5-11)9(15)13(10(16)12-8)6-7-2-3-7/h7H,1-6H2,(H,12,14,16). The Kier molecular flexibility index (Phi) is 1.87. The lowest BCUT2D eigenvalue weighted by atomic mass is 9.66. The Hall–Kier alpha value is -1.39. The van der Waals surface area contributed by atoms with E-state index in [2.05, 4.69) is 5.32 Å². The Morgan fingerprint density at radius 2 is 1.94 bits per heavy atom. The molecule has 1 N–H and O–H groups in total. The van der Waals surface area contributed by atoms with Crippen LogP contribution in [0.4, 0.5) is 4.79 Å². The summed E-state index contributed by atoms with van der Waals surface area (Å²) in [7, 11) is 0. The van der Waals surface area contributed by atoms with Crippen LogP contribution in [-0.2, 0) is 9.59 Å². The van der Waals surface area contributed by atoms with Gasteiger partial charge in [0.1, 0.15) is 5.41 Å². The summed E-state index contributed by atoms with van der Waals surface area (Å²) in [6, 6.07) is -0.528. The third-order valence-electron chi connectivity index (χ3n) is 3.90. The Balaban J connectivity index is 1.84. The number of carbonyl (C=O) groups is 3. The topological polar surface area (TPSA) is 66.5 Å². The highest BCUT2D eigenvalue weighted by atomic mass is 16.2. The van der Waals surface area contributed by atoms with Crippen LogP contribution < -0.4 is 5.32 Å². The summed E-state index contributed by atoms with van der Waals surface area (Å²) in [5.74, 6) is -0.194. The van der Waals surface area contributed by atoms with E-state index in [1.54, 1.807) is 0 Å². The largest absolute Gasteiger partial charge is 0.330 e. The SMILES string of the molecule is O=C1NC(=O)C2(CCC2)C(=O)N1CC1CC1. The molecule has 0 atom stereocenters. The van der Waals surface area contributed by atoms with Crippen molar-refractivity contribution in [3.8, 4) is 0 Å². The number of hydrogen-bond donors (Lipinski definition) is 1. The summed E-state index contributed by atoms with van der Waals surface area (Å²) in [4.78, 5) is 36.7. The lowest BCUT2D eigenvalue weighted by Gasteiger charge is -2.44. The molecule has 3 rings (SSSR count). The van der Waals surface area contributed by atoms with Gasteiger partial charge in [0.05, 0.1) is 0 Å². The normalized spacial score (nSPS) is 28.0. The van der Waals surface area contributed by atoms with E-state index in [-0.39, 0.29) is 11.8 Å². The number of barbiturate groups is 1. The van der Waals surface area contributed by atoms with Crippen molar-refractivity contribution < 1.29 is 14.4 Å². The molecule has 1 saturated heterocycles. The molecule has 2 saturated carbocycles. The van der Waals surface area contributed by atoms with Crippen LogP contribution in [0.2, 0.25) is 0 Å². The molecule has 4 amide bonds. The van der Waals surface area contributed by atoms with Crippen molar-refractivity contribution in [3.05, 3.63) is 0 Å². The number of urea groups is 1. The second kappa shape index (κ2) is 3.06. The monoisotopic (exact) mass is 222 g/mol. The van der Waals surface area contributed by atoms with Crippen LogP contribution in [0, 0.1) is 11.3 Å². The van der Waals surface area contributed by atoms with Crippen molar-refractivity contribution in [2.24, 2.45) is 11.3 Å². The fraction of sp³-hybridized carbons (Fsp3) is 0.727. The van der Waals surface area contributed by atoms with Crippen LogP contribution in [0.3, 0.4) is 0 Å². The van der Waals surface area contributed by atoms with Crippen LogP contribution in [-0.4, -0.2) is 29.3 Å². The highest BCUT2D eigenvalue weighted by Gasteiger charge is 2.57. The maximum absolute atomic E-state index is 12.2. The first-order valence-electron chi connectivity index (χ1n) is 5.81. The van der Waals surface area contributed by atoms with Gasteiger partial charge in [-0.15, -0.1) is 0 Å².